The second-order valence-electron chi connectivity index (χ2n) is 0.733. The van der Waals surface area contributed by atoms with Crippen LogP contribution in [0, 0.1) is 0 Å². The van der Waals surface area contributed by atoms with E-state index >= 15 is 0 Å². The van der Waals surface area contributed by atoms with E-state index in [0.717, 1.165) is 6.26 Å². The van der Waals surface area contributed by atoms with Crippen molar-refractivity contribution < 1.29 is 8.76 Å². The summed E-state index contributed by atoms with van der Waals surface area (Å²) in [5, 5.41) is 0. The maximum atomic E-state index is 9.56. The Balaban J connectivity index is 0. The van der Waals surface area contributed by atoms with Gasteiger partial charge in [0.1, 0.15) is 8.77 Å². The van der Waals surface area contributed by atoms with Gasteiger partial charge in [0.2, 0.25) is 0 Å². The number of rotatable bonds is 0. The molecule has 0 aliphatic carbocycles. The molecule has 0 spiro atoms. The van der Waals surface area contributed by atoms with Gasteiger partial charge in [-0.2, -0.15) is 0 Å². The van der Waals surface area contributed by atoms with Crippen molar-refractivity contribution in [3.05, 3.63) is 0 Å². The topological polar surface area (TPSA) is 37.3 Å². The molecule has 0 saturated heterocycles. The fraction of sp³-hybridized carbons (Fsp3) is 1.00. The quantitative estimate of drug-likeness (QED) is 0.453. The van der Waals surface area contributed by atoms with Crippen molar-refractivity contribution in [2.24, 2.45) is 0 Å². The summed E-state index contributed by atoms with van der Waals surface area (Å²) in [6.07, 6.45) is 1.09. The molecule has 6 heavy (non-hydrogen) atoms. The molecule has 2 nitrogen and oxygen atoms in total. The van der Waals surface area contributed by atoms with Crippen LogP contribution in [0.5, 0.6) is 0 Å². The first kappa shape index (κ1) is 10.3. The smallest absolute Gasteiger partial charge is 0.138 e. The summed E-state index contributed by atoms with van der Waals surface area (Å²) in [5.41, 5.74) is 0. The van der Waals surface area contributed by atoms with Gasteiger partial charge in [-0.15, -0.1) is 0 Å². The Kier molecular flexibility index (Phi) is 5.77. The predicted octanol–water partition coefficient (Wildman–Crippen LogP) is -0.545. The zero-order valence-electron chi connectivity index (χ0n) is 3.67. The third-order valence-electron chi connectivity index (χ3n) is 0. The molecule has 0 amide bonds. The van der Waals surface area contributed by atoms with E-state index in [4.69, 9.17) is 4.55 Å². The summed E-state index contributed by atoms with van der Waals surface area (Å²) in [5.74, 6) is 0. The molecular formula is CH4NaO2S2. The molecule has 1 radical (unpaired) electrons. The maximum Gasteiger partial charge on any atom is 0.138 e. The normalized spacial score (nSPS) is 17.7. The van der Waals surface area contributed by atoms with E-state index in [2.05, 4.69) is 11.2 Å². The van der Waals surface area contributed by atoms with Crippen LogP contribution in [0.3, 0.4) is 0 Å². The van der Waals surface area contributed by atoms with Crippen molar-refractivity contribution in [1.29, 1.82) is 0 Å². The molecule has 0 aromatic heterocycles. The van der Waals surface area contributed by atoms with Crippen LogP contribution in [0.4, 0.5) is 0 Å². The molecule has 1 unspecified atom stereocenters. The summed E-state index contributed by atoms with van der Waals surface area (Å²) >= 11 is 3.91. The van der Waals surface area contributed by atoms with Gasteiger partial charge in [0.25, 0.3) is 0 Å². The number of hydrogen-bond acceptors (Lipinski definition) is 2. The first-order chi connectivity index (χ1) is 2.00. The van der Waals surface area contributed by atoms with Gasteiger partial charge in [-0.3, -0.25) is 0 Å². The van der Waals surface area contributed by atoms with Crippen LogP contribution in [0.2, 0.25) is 0 Å². The van der Waals surface area contributed by atoms with Gasteiger partial charge in [0, 0.05) is 47.0 Å². The standard InChI is InChI=1S/CH4O2S2.Na/c1-5(2,3)4;/h1H3,(H,2,3,4);. The van der Waals surface area contributed by atoms with E-state index in [-0.39, 0.29) is 29.6 Å². The van der Waals surface area contributed by atoms with Crippen molar-refractivity contribution in [3.63, 3.8) is 0 Å². The van der Waals surface area contributed by atoms with Crippen molar-refractivity contribution in [1.82, 2.24) is 0 Å². The molecule has 0 aromatic rings. The van der Waals surface area contributed by atoms with Crippen LogP contribution < -0.4 is 0 Å². The zero-order chi connectivity index (χ0) is 4.50. The molecule has 33 valence electrons. The second-order valence-corrected chi connectivity index (χ2v) is 4.05. The Bertz CT molecular complexity index is 94.7. The minimum Gasteiger partial charge on any atom is -0.306 e. The average molecular weight is 135 g/mol. The molecule has 1 atom stereocenters. The van der Waals surface area contributed by atoms with Gasteiger partial charge in [-0.25, -0.2) is 4.21 Å². The van der Waals surface area contributed by atoms with E-state index in [1.807, 2.05) is 0 Å². The minimum absolute atomic E-state index is 0. The van der Waals surface area contributed by atoms with Crippen molar-refractivity contribution in [2.75, 3.05) is 6.26 Å². The van der Waals surface area contributed by atoms with E-state index < -0.39 is 8.77 Å². The van der Waals surface area contributed by atoms with Gasteiger partial charge >= 0.3 is 0 Å². The fourth-order valence-corrected chi connectivity index (χ4v) is 0. The molecule has 0 saturated carbocycles. The van der Waals surface area contributed by atoms with Gasteiger partial charge < -0.3 is 4.55 Å². The van der Waals surface area contributed by atoms with Crippen LogP contribution in [0.15, 0.2) is 0 Å². The summed E-state index contributed by atoms with van der Waals surface area (Å²) in [6.45, 7) is 0. The second kappa shape index (κ2) is 3.35. The molecule has 1 N–H and O–H groups in total. The zero-order valence-corrected chi connectivity index (χ0v) is 7.30. The first-order valence-corrected chi connectivity index (χ1v) is 3.77. The summed E-state index contributed by atoms with van der Waals surface area (Å²) in [4.78, 5) is 0. The Morgan fingerprint density at radius 1 is 1.83 bits per heavy atom. The van der Waals surface area contributed by atoms with E-state index in [9.17, 15) is 4.21 Å². The van der Waals surface area contributed by atoms with Crippen molar-refractivity contribution in [2.45, 2.75) is 0 Å². The Morgan fingerprint density at radius 2 is 1.83 bits per heavy atom. The van der Waals surface area contributed by atoms with E-state index in [0.29, 0.717) is 0 Å². The molecule has 0 heterocycles. The Morgan fingerprint density at radius 3 is 1.83 bits per heavy atom. The number of hydrogen-bond donors (Lipinski definition) is 1. The molecule has 0 bridgehead atoms. The van der Waals surface area contributed by atoms with Gasteiger partial charge in [0.15, 0.2) is 0 Å². The van der Waals surface area contributed by atoms with Crippen molar-refractivity contribution >= 4 is 49.5 Å². The van der Waals surface area contributed by atoms with Crippen molar-refractivity contribution in [3.8, 4) is 0 Å². The van der Waals surface area contributed by atoms with Crippen LogP contribution in [0.25, 0.3) is 0 Å². The SMILES string of the molecule is CS(=O)(O)=S.[Na]. The molecule has 0 rings (SSSR count). The largest absolute Gasteiger partial charge is 0.306 e. The van der Waals surface area contributed by atoms with Gasteiger partial charge in [-0.1, -0.05) is 0 Å². The fourth-order valence-electron chi connectivity index (χ4n) is 0. The van der Waals surface area contributed by atoms with Crippen LogP contribution in [-0.2, 0) is 20.0 Å². The van der Waals surface area contributed by atoms with Gasteiger partial charge in [0.05, 0.1) is 0 Å². The van der Waals surface area contributed by atoms with Gasteiger partial charge in [-0.05, 0) is 0 Å². The molecule has 5 heteroatoms. The molecule has 0 aromatic carbocycles. The third kappa shape index (κ3) is 56.5. The maximum absolute atomic E-state index is 9.56. The molecule has 0 fully saturated rings. The Labute approximate surface area is 64.1 Å². The molecule has 0 aliphatic rings. The van der Waals surface area contributed by atoms with Crippen LogP contribution >= 0.6 is 0 Å². The summed E-state index contributed by atoms with van der Waals surface area (Å²) in [6, 6.07) is 0. The van der Waals surface area contributed by atoms with Crippen LogP contribution in [0.1, 0.15) is 0 Å². The van der Waals surface area contributed by atoms with E-state index in [1.165, 1.54) is 0 Å². The monoisotopic (exact) mass is 135 g/mol. The summed E-state index contributed by atoms with van der Waals surface area (Å²) < 4.78 is 17.4. The van der Waals surface area contributed by atoms with E-state index in [1.54, 1.807) is 0 Å². The minimum atomic E-state index is -2.83. The van der Waals surface area contributed by atoms with Crippen LogP contribution in [-0.4, -0.2) is 44.6 Å². The first-order valence-electron chi connectivity index (χ1n) is 0.924. The molecular weight excluding hydrogens is 131 g/mol. The Hall–Kier alpha value is 1.33. The third-order valence-corrected chi connectivity index (χ3v) is 0. The summed E-state index contributed by atoms with van der Waals surface area (Å²) in [7, 11) is -2.83. The predicted molar refractivity (Wildman–Crippen MR) is 29.8 cm³/mol. The molecule has 0 aliphatic heterocycles. The average Bonchev–Trinajstić information content (AvgIpc) is 0.722.